The highest BCUT2D eigenvalue weighted by Crippen LogP contribution is 2.25. The highest BCUT2D eigenvalue weighted by Gasteiger charge is 2.17. The number of anilines is 1. The summed E-state index contributed by atoms with van der Waals surface area (Å²) in [6.07, 6.45) is 0. The lowest BCUT2D eigenvalue weighted by atomic mass is 10.2. The van der Waals surface area contributed by atoms with Crippen molar-refractivity contribution in [1.29, 1.82) is 0 Å². The number of rotatable bonds is 3. The summed E-state index contributed by atoms with van der Waals surface area (Å²) in [7, 11) is -3.71. The van der Waals surface area contributed by atoms with Gasteiger partial charge in [-0.25, -0.2) is 8.42 Å². The van der Waals surface area contributed by atoms with Crippen molar-refractivity contribution < 1.29 is 8.42 Å². The number of aryl methyl sites for hydroxylation is 1. The van der Waals surface area contributed by atoms with E-state index in [9.17, 15) is 8.42 Å². The number of benzene rings is 2. The summed E-state index contributed by atoms with van der Waals surface area (Å²) in [5, 5.41) is 0.674. The molecule has 0 saturated heterocycles. The van der Waals surface area contributed by atoms with Gasteiger partial charge in [-0.1, -0.05) is 41.4 Å². The van der Waals surface area contributed by atoms with Crippen LogP contribution in [0.1, 0.15) is 5.56 Å². The summed E-state index contributed by atoms with van der Waals surface area (Å²) in [6, 6.07) is 11.2. The van der Waals surface area contributed by atoms with E-state index in [-0.39, 0.29) is 9.92 Å². The summed E-state index contributed by atoms with van der Waals surface area (Å²) in [6.45, 7) is 1.84. The zero-order valence-corrected chi connectivity index (χ0v) is 12.4. The van der Waals surface area contributed by atoms with Crippen LogP contribution in [0.15, 0.2) is 47.4 Å². The molecule has 0 spiro atoms. The second kappa shape index (κ2) is 5.41. The molecule has 0 aliphatic carbocycles. The Bertz CT molecular complexity index is 714. The molecule has 0 amide bonds. The number of hydrogen-bond donors (Lipinski definition) is 1. The molecule has 0 bridgehead atoms. The fraction of sp³-hybridized carbons (Fsp3) is 0.0769. The molecule has 0 radical (unpaired) electrons. The molecule has 0 aromatic heterocycles. The topological polar surface area (TPSA) is 46.2 Å². The van der Waals surface area contributed by atoms with E-state index >= 15 is 0 Å². The van der Waals surface area contributed by atoms with E-state index in [1.54, 1.807) is 30.3 Å². The lowest BCUT2D eigenvalue weighted by Gasteiger charge is -2.10. The second-order valence-electron chi connectivity index (χ2n) is 4.00. The van der Waals surface area contributed by atoms with Crippen molar-refractivity contribution in [2.75, 3.05) is 4.72 Å². The highest BCUT2D eigenvalue weighted by molar-refractivity contribution is 7.92. The van der Waals surface area contributed by atoms with E-state index in [0.717, 1.165) is 5.56 Å². The first-order valence-corrected chi connectivity index (χ1v) is 7.67. The Kier molecular flexibility index (Phi) is 4.04. The van der Waals surface area contributed by atoms with Gasteiger partial charge in [0, 0.05) is 5.02 Å². The van der Waals surface area contributed by atoms with E-state index in [4.69, 9.17) is 23.2 Å². The van der Waals surface area contributed by atoms with Crippen molar-refractivity contribution in [3.63, 3.8) is 0 Å². The maximum absolute atomic E-state index is 12.2. The molecule has 2 rings (SSSR count). The Labute approximate surface area is 122 Å². The highest BCUT2D eigenvalue weighted by atomic mass is 35.5. The molecule has 1 N–H and O–H groups in total. The van der Waals surface area contributed by atoms with Crippen molar-refractivity contribution in [3.8, 4) is 0 Å². The van der Waals surface area contributed by atoms with Crippen molar-refractivity contribution in [2.45, 2.75) is 11.8 Å². The minimum atomic E-state index is -3.71. The fourth-order valence-corrected chi connectivity index (χ4v) is 3.28. The summed E-state index contributed by atoms with van der Waals surface area (Å²) < 4.78 is 26.8. The Balaban J connectivity index is 2.37. The third-order valence-electron chi connectivity index (χ3n) is 2.55. The lowest BCUT2D eigenvalue weighted by Crippen LogP contribution is -2.13. The minimum absolute atomic E-state index is 0.0355. The van der Waals surface area contributed by atoms with Gasteiger partial charge in [-0.05, 0) is 36.8 Å². The standard InChI is InChI=1S/C13H11Cl2NO2S/c1-9-6-7-10(8-12(9)15)16-19(17,18)13-5-3-2-4-11(13)14/h2-8,16H,1H3. The summed E-state index contributed by atoms with van der Waals surface area (Å²) in [5.41, 5.74) is 1.28. The maximum atomic E-state index is 12.2. The van der Waals surface area contributed by atoms with Gasteiger partial charge in [-0.15, -0.1) is 0 Å². The van der Waals surface area contributed by atoms with Crippen LogP contribution in [0.3, 0.4) is 0 Å². The minimum Gasteiger partial charge on any atom is -0.280 e. The Hall–Kier alpha value is -1.23. The zero-order chi connectivity index (χ0) is 14.0. The van der Waals surface area contributed by atoms with Crippen LogP contribution in [0.5, 0.6) is 0 Å². The summed E-state index contributed by atoms with van der Waals surface area (Å²) in [4.78, 5) is 0.0355. The number of halogens is 2. The van der Waals surface area contributed by atoms with E-state index in [0.29, 0.717) is 10.7 Å². The predicted octanol–water partition coefficient (Wildman–Crippen LogP) is 4.10. The normalized spacial score (nSPS) is 11.3. The van der Waals surface area contributed by atoms with Crippen LogP contribution in [0.2, 0.25) is 10.0 Å². The summed E-state index contributed by atoms with van der Waals surface area (Å²) >= 11 is 11.8. The molecule has 0 fully saturated rings. The second-order valence-corrected chi connectivity index (χ2v) is 6.47. The third-order valence-corrected chi connectivity index (χ3v) is 4.84. The van der Waals surface area contributed by atoms with Gasteiger partial charge in [0.05, 0.1) is 10.7 Å². The largest absolute Gasteiger partial charge is 0.280 e. The Morgan fingerprint density at radius 2 is 1.68 bits per heavy atom. The average Bonchev–Trinajstić information content (AvgIpc) is 2.34. The van der Waals surface area contributed by atoms with Crippen molar-refractivity contribution in [2.24, 2.45) is 0 Å². The molecule has 0 atom stereocenters. The third kappa shape index (κ3) is 3.21. The number of nitrogens with one attached hydrogen (secondary N) is 1. The molecular formula is C13H11Cl2NO2S. The number of sulfonamides is 1. The molecule has 0 aliphatic rings. The molecule has 6 heteroatoms. The molecule has 19 heavy (non-hydrogen) atoms. The summed E-state index contributed by atoms with van der Waals surface area (Å²) in [5.74, 6) is 0. The van der Waals surface area contributed by atoms with Crippen LogP contribution in [0, 0.1) is 6.92 Å². The van der Waals surface area contributed by atoms with Crippen LogP contribution in [-0.4, -0.2) is 8.42 Å². The van der Waals surface area contributed by atoms with Gasteiger partial charge < -0.3 is 0 Å². The molecule has 2 aromatic rings. The van der Waals surface area contributed by atoms with Crippen LogP contribution >= 0.6 is 23.2 Å². The molecule has 2 aromatic carbocycles. The molecule has 3 nitrogen and oxygen atoms in total. The van der Waals surface area contributed by atoms with Crippen molar-refractivity contribution in [1.82, 2.24) is 0 Å². The molecule has 0 saturated carbocycles. The fourth-order valence-electron chi connectivity index (χ4n) is 1.53. The molecular weight excluding hydrogens is 305 g/mol. The molecule has 0 unspecified atom stereocenters. The van der Waals surface area contributed by atoms with Crippen LogP contribution < -0.4 is 4.72 Å². The van der Waals surface area contributed by atoms with E-state index in [1.807, 2.05) is 6.92 Å². The van der Waals surface area contributed by atoms with Gasteiger partial charge in [0.25, 0.3) is 10.0 Å². The first-order chi connectivity index (χ1) is 8.90. The quantitative estimate of drug-likeness (QED) is 0.926. The van der Waals surface area contributed by atoms with E-state index in [2.05, 4.69) is 4.72 Å². The molecule has 100 valence electrons. The zero-order valence-electron chi connectivity index (χ0n) is 10.0. The molecule has 0 heterocycles. The van der Waals surface area contributed by atoms with Crippen molar-refractivity contribution >= 4 is 38.9 Å². The first-order valence-electron chi connectivity index (χ1n) is 5.43. The average molecular weight is 316 g/mol. The Morgan fingerprint density at radius 1 is 1.00 bits per heavy atom. The lowest BCUT2D eigenvalue weighted by molar-refractivity contribution is 0.601. The van der Waals surface area contributed by atoms with E-state index < -0.39 is 10.0 Å². The smallest absolute Gasteiger partial charge is 0.263 e. The van der Waals surface area contributed by atoms with Gasteiger partial charge in [0.1, 0.15) is 4.90 Å². The van der Waals surface area contributed by atoms with Gasteiger partial charge in [0.2, 0.25) is 0 Å². The predicted molar refractivity (Wildman–Crippen MR) is 78.4 cm³/mol. The maximum Gasteiger partial charge on any atom is 0.263 e. The van der Waals surface area contributed by atoms with Crippen molar-refractivity contribution in [3.05, 3.63) is 58.1 Å². The van der Waals surface area contributed by atoms with Gasteiger partial charge in [0.15, 0.2) is 0 Å². The van der Waals surface area contributed by atoms with E-state index in [1.165, 1.54) is 12.1 Å². The SMILES string of the molecule is Cc1ccc(NS(=O)(=O)c2ccccc2Cl)cc1Cl. The first kappa shape index (κ1) is 14.2. The van der Waals surface area contributed by atoms with Crippen LogP contribution in [0.4, 0.5) is 5.69 Å². The number of hydrogen-bond acceptors (Lipinski definition) is 2. The van der Waals surface area contributed by atoms with Gasteiger partial charge >= 0.3 is 0 Å². The van der Waals surface area contributed by atoms with Gasteiger partial charge in [-0.3, -0.25) is 4.72 Å². The van der Waals surface area contributed by atoms with Crippen LogP contribution in [-0.2, 0) is 10.0 Å². The van der Waals surface area contributed by atoms with Crippen LogP contribution in [0.25, 0.3) is 0 Å². The van der Waals surface area contributed by atoms with Gasteiger partial charge in [-0.2, -0.15) is 0 Å². The monoisotopic (exact) mass is 315 g/mol. The molecule has 0 aliphatic heterocycles. The Morgan fingerprint density at radius 3 is 2.32 bits per heavy atom.